The summed E-state index contributed by atoms with van der Waals surface area (Å²) in [5.74, 6) is 0.590. The summed E-state index contributed by atoms with van der Waals surface area (Å²) in [6, 6.07) is 5.11. The molecule has 3 nitrogen and oxygen atoms in total. The second-order valence-corrected chi connectivity index (χ2v) is 5.98. The van der Waals surface area contributed by atoms with Gasteiger partial charge in [0.1, 0.15) is 12.4 Å². The molecule has 23 heavy (non-hydrogen) atoms. The third-order valence-corrected chi connectivity index (χ3v) is 4.10. The van der Waals surface area contributed by atoms with Crippen LogP contribution in [0.4, 0.5) is 0 Å². The molecule has 1 unspecified atom stereocenters. The average Bonchev–Trinajstić information content (AvgIpc) is 2.54. The molecule has 0 heterocycles. The Balaban J connectivity index is 2.50. The zero-order chi connectivity index (χ0) is 17.2. The number of carbonyl (C=O) groups is 1. The standard InChI is InChI=1S/C19H27ClO3/c1-5-14(3)22-11-9-16(6-2)10-12-23-19-8-7-17(15(4)21)13-18(19)20/h7-8,10,13-14H,5-6,9,11-12H2,1-4H3. The molecule has 0 amide bonds. The lowest BCUT2D eigenvalue weighted by Gasteiger charge is -2.12. The Hall–Kier alpha value is -1.32. The van der Waals surface area contributed by atoms with Crippen molar-refractivity contribution in [3.05, 3.63) is 40.4 Å². The molecule has 0 fully saturated rings. The SMILES string of the molecule is CCC(=CCOc1ccc(C(C)=O)cc1Cl)CCOC(C)CC. The van der Waals surface area contributed by atoms with E-state index >= 15 is 0 Å². The molecule has 0 bridgehead atoms. The molecule has 1 aromatic rings. The second-order valence-electron chi connectivity index (χ2n) is 5.57. The largest absolute Gasteiger partial charge is 0.488 e. The van der Waals surface area contributed by atoms with E-state index in [0.29, 0.717) is 29.0 Å². The molecule has 0 saturated carbocycles. The fourth-order valence-electron chi connectivity index (χ4n) is 2.02. The molecule has 0 saturated heterocycles. The summed E-state index contributed by atoms with van der Waals surface area (Å²) in [6.07, 6.45) is 5.31. The summed E-state index contributed by atoms with van der Waals surface area (Å²) >= 11 is 6.14. The Labute approximate surface area is 144 Å². The van der Waals surface area contributed by atoms with E-state index in [1.807, 2.05) is 0 Å². The summed E-state index contributed by atoms with van der Waals surface area (Å²) in [5.41, 5.74) is 1.90. The predicted molar refractivity (Wildman–Crippen MR) is 95.6 cm³/mol. The fraction of sp³-hybridized carbons (Fsp3) is 0.526. The van der Waals surface area contributed by atoms with E-state index in [2.05, 4.69) is 26.8 Å². The molecule has 1 rings (SSSR count). The van der Waals surface area contributed by atoms with Crippen molar-refractivity contribution in [1.29, 1.82) is 0 Å². The summed E-state index contributed by atoms with van der Waals surface area (Å²) in [6.45, 7) is 9.06. The minimum Gasteiger partial charge on any atom is -0.488 e. The Kier molecular flexibility index (Phi) is 8.97. The van der Waals surface area contributed by atoms with E-state index in [-0.39, 0.29) is 5.78 Å². The van der Waals surface area contributed by atoms with E-state index in [9.17, 15) is 4.79 Å². The molecule has 0 spiro atoms. The summed E-state index contributed by atoms with van der Waals surface area (Å²) in [4.78, 5) is 11.3. The van der Waals surface area contributed by atoms with Crippen LogP contribution in [0.25, 0.3) is 0 Å². The number of hydrogen-bond donors (Lipinski definition) is 0. The topological polar surface area (TPSA) is 35.5 Å². The fourth-order valence-corrected chi connectivity index (χ4v) is 2.25. The number of hydrogen-bond acceptors (Lipinski definition) is 3. The van der Waals surface area contributed by atoms with Crippen LogP contribution < -0.4 is 4.74 Å². The minimum absolute atomic E-state index is 0.00655. The van der Waals surface area contributed by atoms with Crippen molar-refractivity contribution in [3.8, 4) is 5.75 Å². The highest BCUT2D eigenvalue weighted by Crippen LogP contribution is 2.25. The third-order valence-electron chi connectivity index (χ3n) is 3.80. The highest BCUT2D eigenvalue weighted by atomic mass is 35.5. The molecule has 0 aliphatic carbocycles. The first-order valence-electron chi connectivity index (χ1n) is 8.20. The Morgan fingerprint density at radius 2 is 2.09 bits per heavy atom. The molecule has 128 valence electrons. The van der Waals surface area contributed by atoms with Gasteiger partial charge in [0.2, 0.25) is 0 Å². The van der Waals surface area contributed by atoms with Gasteiger partial charge in [0, 0.05) is 5.56 Å². The third kappa shape index (κ3) is 7.19. The monoisotopic (exact) mass is 338 g/mol. The molecule has 4 heteroatoms. The van der Waals surface area contributed by atoms with Gasteiger partial charge in [0.05, 0.1) is 17.7 Å². The van der Waals surface area contributed by atoms with E-state index in [1.54, 1.807) is 18.2 Å². The number of Topliss-reactive ketones (excluding diaryl/α,β-unsaturated/α-hetero) is 1. The molecule has 1 aromatic carbocycles. The van der Waals surface area contributed by atoms with Crippen LogP contribution in [0.2, 0.25) is 5.02 Å². The van der Waals surface area contributed by atoms with Gasteiger partial charge in [-0.3, -0.25) is 4.79 Å². The van der Waals surface area contributed by atoms with Crippen LogP contribution in [0.1, 0.15) is 57.3 Å². The molecule has 0 aliphatic rings. The molecular weight excluding hydrogens is 312 g/mol. The van der Waals surface area contributed by atoms with Crippen molar-refractivity contribution in [3.63, 3.8) is 0 Å². The van der Waals surface area contributed by atoms with E-state index < -0.39 is 0 Å². The number of halogens is 1. The smallest absolute Gasteiger partial charge is 0.159 e. The van der Waals surface area contributed by atoms with Gasteiger partial charge in [0.25, 0.3) is 0 Å². The zero-order valence-electron chi connectivity index (χ0n) is 14.5. The lowest BCUT2D eigenvalue weighted by molar-refractivity contribution is 0.0656. The Morgan fingerprint density at radius 1 is 1.35 bits per heavy atom. The highest BCUT2D eigenvalue weighted by Gasteiger charge is 2.06. The van der Waals surface area contributed by atoms with Gasteiger partial charge in [-0.05, 0) is 57.4 Å². The normalized spacial score (nSPS) is 13.0. The van der Waals surface area contributed by atoms with E-state index in [4.69, 9.17) is 21.1 Å². The van der Waals surface area contributed by atoms with Crippen LogP contribution in [-0.4, -0.2) is 25.1 Å². The van der Waals surface area contributed by atoms with Crippen LogP contribution in [0.5, 0.6) is 5.75 Å². The van der Waals surface area contributed by atoms with Gasteiger partial charge in [-0.2, -0.15) is 0 Å². The van der Waals surface area contributed by atoms with Crippen LogP contribution >= 0.6 is 11.6 Å². The summed E-state index contributed by atoms with van der Waals surface area (Å²) < 4.78 is 11.4. The van der Waals surface area contributed by atoms with Crippen molar-refractivity contribution in [1.82, 2.24) is 0 Å². The van der Waals surface area contributed by atoms with E-state index in [0.717, 1.165) is 25.9 Å². The van der Waals surface area contributed by atoms with Gasteiger partial charge in [0.15, 0.2) is 5.78 Å². The molecule has 1 atom stereocenters. The van der Waals surface area contributed by atoms with Crippen molar-refractivity contribution in [2.45, 2.75) is 53.1 Å². The summed E-state index contributed by atoms with van der Waals surface area (Å²) in [7, 11) is 0. The van der Waals surface area contributed by atoms with Crippen molar-refractivity contribution >= 4 is 17.4 Å². The highest BCUT2D eigenvalue weighted by molar-refractivity contribution is 6.32. The number of ether oxygens (including phenoxy) is 2. The molecular formula is C19H27ClO3. The number of carbonyl (C=O) groups excluding carboxylic acids is 1. The maximum atomic E-state index is 11.3. The number of ketones is 1. The van der Waals surface area contributed by atoms with Crippen LogP contribution in [0.15, 0.2) is 29.8 Å². The molecule has 0 N–H and O–H groups in total. The van der Waals surface area contributed by atoms with Gasteiger partial charge in [-0.1, -0.05) is 31.0 Å². The lowest BCUT2D eigenvalue weighted by atomic mass is 10.1. The molecule has 0 aromatic heterocycles. The first-order valence-corrected chi connectivity index (χ1v) is 8.58. The Morgan fingerprint density at radius 3 is 2.65 bits per heavy atom. The molecule has 0 aliphatic heterocycles. The minimum atomic E-state index is -0.00655. The first kappa shape index (κ1) is 19.7. The maximum absolute atomic E-state index is 11.3. The number of benzene rings is 1. The average molecular weight is 339 g/mol. The quantitative estimate of drug-likeness (QED) is 0.419. The lowest BCUT2D eigenvalue weighted by Crippen LogP contribution is -2.08. The van der Waals surface area contributed by atoms with Crippen LogP contribution in [0, 0.1) is 0 Å². The number of rotatable bonds is 10. The summed E-state index contributed by atoms with van der Waals surface area (Å²) in [5, 5.41) is 0.462. The second kappa shape index (κ2) is 10.5. The maximum Gasteiger partial charge on any atom is 0.159 e. The van der Waals surface area contributed by atoms with Crippen LogP contribution in [0.3, 0.4) is 0 Å². The Bertz CT molecular complexity index is 537. The molecule has 0 radical (unpaired) electrons. The predicted octanol–water partition coefficient (Wildman–Crippen LogP) is 5.46. The first-order chi connectivity index (χ1) is 11.0. The van der Waals surface area contributed by atoms with Crippen molar-refractivity contribution < 1.29 is 14.3 Å². The van der Waals surface area contributed by atoms with Gasteiger partial charge >= 0.3 is 0 Å². The zero-order valence-corrected chi connectivity index (χ0v) is 15.3. The van der Waals surface area contributed by atoms with E-state index in [1.165, 1.54) is 12.5 Å². The van der Waals surface area contributed by atoms with Crippen molar-refractivity contribution in [2.75, 3.05) is 13.2 Å². The van der Waals surface area contributed by atoms with Crippen molar-refractivity contribution in [2.24, 2.45) is 0 Å². The van der Waals surface area contributed by atoms with Gasteiger partial charge in [-0.15, -0.1) is 0 Å². The van der Waals surface area contributed by atoms with Crippen LogP contribution in [-0.2, 0) is 4.74 Å². The van der Waals surface area contributed by atoms with Gasteiger partial charge < -0.3 is 9.47 Å². The van der Waals surface area contributed by atoms with Gasteiger partial charge in [-0.25, -0.2) is 0 Å².